The summed E-state index contributed by atoms with van der Waals surface area (Å²) < 4.78 is 1.19. The van der Waals surface area contributed by atoms with E-state index in [4.69, 9.17) is 11.6 Å². The monoisotopic (exact) mass is 270 g/mol. The van der Waals surface area contributed by atoms with Crippen molar-refractivity contribution in [3.05, 3.63) is 54.4 Å². The fraction of sp³-hybridized carbons (Fsp3) is 0.273. The van der Waals surface area contributed by atoms with Gasteiger partial charge in [-0.2, -0.15) is 0 Å². The van der Waals surface area contributed by atoms with Gasteiger partial charge in [0.1, 0.15) is 5.15 Å². The Morgan fingerprint density at radius 1 is 1.53 bits per heavy atom. The first kappa shape index (κ1) is 12.1. The average molecular weight is 271 g/mol. The highest BCUT2D eigenvalue weighted by Gasteiger charge is 2.12. The van der Waals surface area contributed by atoms with E-state index in [1.165, 1.54) is 10.6 Å². The number of hydrogen-bond donors (Lipinski definition) is 1. The van der Waals surface area contributed by atoms with Crippen LogP contribution in [0.2, 0.25) is 5.15 Å². The molecule has 1 unspecified atom stereocenters. The van der Waals surface area contributed by atoms with Gasteiger partial charge in [0, 0.05) is 23.4 Å². The van der Waals surface area contributed by atoms with Crippen molar-refractivity contribution in [1.29, 1.82) is 0 Å². The Balaban J connectivity index is 2.34. The summed E-state index contributed by atoms with van der Waals surface area (Å²) in [5, 5.41) is 2.04. The van der Waals surface area contributed by atoms with Gasteiger partial charge in [0.25, 0.3) is 5.56 Å². The maximum Gasteiger partial charge on any atom is 0.329 e. The van der Waals surface area contributed by atoms with Gasteiger partial charge in [-0.25, -0.2) is 4.79 Å². The molecule has 0 saturated heterocycles. The van der Waals surface area contributed by atoms with Gasteiger partial charge < -0.3 is 0 Å². The Labute approximate surface area is 106 Å². The maximum absolute atomic E-state index is 11.7. The van der Waals surface area contributed by atoms with Gasteiger partial charge in [0.2, 0.25) is 0 Å². The molecule has 0 spiro atoms. The first-order valence-electron chi connectivity index (χ1n) is 5.11. The lowest BCUT2D eigenvalue weighted by molar-refractivity contribution is 0.504. The molecule has 0 aliphatic heterocycles. The Morgan fingerprint density at radius 3 is 2.88 bits per heavy atom. The lowest BCUT2D eigenvalue weighted by Crippen LogP contribution is -2.37. The number of nitrogens with zero attached hydrogens (tertiary/aromatic N) is 1. The number of halogens is 1. The predicted octanol–water partition coefficient (Wildman–Crippen LogP) is 2.06. The molecule has 2 aromatic heterocycles. The van der Waals surface area contributed by atoms with E-state index in [2.05, 4.69) is 4.98 Å². The Kier molecular flexibility index (Phi) is 3.49. The van der Waals surface area contributed by atoms with Gasteiger partial charge in [-0.1, -0.05) is 17.7 Å². The number of aromatic amines is 1. The zero-order valence-electron chi connectivity index (χ0n) is 9.14. The van der Waals surface area contributed by atoms with E-state index in [9.17, 15) is 9.59 Å². The third-order valence-corrected chi connectivity index (χ3v) is 3.55. The van der Waals surface area contributed by atoms with Crippen LogP contribution in [-0.4, -0.2) is 9.55 Å². The summed E-state index contributed by atoms with van der Waals surface area (Å²) in [4.78, 5) is 26.9. The lowest BCUT2D eigenvalue weighted by Gasteiger charge is -2.12. The van der Waals surface area contributed by atoms with Gasteiger partial charge in [-0.05, 0) is 18.4 Å². The standard InChI is InChI=1S/C11H11ClN2O2S/c1-7(5-8-3-2-4-17-8)14-10(15)6-9(12)13-11(14)16/h2-4,6-7H,5H2,1H3,(H,13,16). The van der Waals surface area contributed by atoms with Crippen molar-refractivity contribution < 1.29 is 0 Å². The van der Waals surface area contributed by atoms with Crippen molar-refractivity contribution in [3.63, 3.8) is 0 Å². The number of rotatable bonds is 3. The van der Waals surface area contributed by atoms with E-state index in [0.29, 0.717) is 6.42 Å². The predicted molar refractivity (Wildman–Crippen MR) is 69.1 cm³/mol. The molecular formula is C11H11ClN2O2S. The molecule has 0 bridgehead atoms. The summed E-state index contributed by atoms with van der Waals surface area (Å²) >= 11 is 7.21. The molecule has 17 heavy (non-hydrogen) atoms. The van der Waals surface area contributed by atoms with Crippen molar-refractivity contribution in [2.45, 2.75) is 19.4 Å². The van der Waals surface area contributed by atoms with Gasteiger partial charge in [-0.3, -0.25) is 14.3 Å². The molecular weight excluding hydrogens is 260 g/mol. The third-order valence-electron chi connectivity index (χ3n) is 2.45. The topological polar surface area (TPSA) is 54.9 Å². The normalized spacial score (nSPS) is 12.6. The number of hydrogen-bond acceptors (Lipinski definition) is 3. The quantitative estimate of drug-likeness (QED) is 0.868. The van der Waals surface area contributed by atoms with E-state index in [-0.39, 0.29) is 16.8 Å². The van der Waals surface area contributed by atoms with Crippen LogP contribution in [0.25, 0.3) is 0 Å². The van der Waals surface area contributed by atoms with Crippen molar-refractivity contribution in [1.82, 2.24) is 9.55 Å². The highest BCUT2D eigenvalue weighted by Crippen LogP contribution is 2.15. The molecule has 0 radical (unpaired) electrons. The van der Waals surface area contributed by atoms with E-state index >= 15 is 0 Å². The van der Waals surface area contributed by atoms with Crippen LogP contribution in [0, 0.1) is 0 Å². The lowest BCUT2D eigenvalue weighted by atomic mass is 10.2. The number of H-pyrrole nitrogens is 1. The van der Waals surface area contributed by atoms with Crippen molar-refractivity contribution >= 4 is 22.9 Å². The molecule has 2 heterocycles. The SMILES string of the molecule is CC(Cc1cccs1)n1c(=O)cc(Cl)[nH]c1=O. The minimum absolute atomic E-state index is 0.0690. The molecule has 0 aromatic carbocycles. The van der Waals surface area contributed by atoms with E-state index in [0.717, 1.165) is 4.88 Å². The van der Waals surface area contributed by atoms with Gasteiger partial charge in [0.15, 0.2) is 0 Å². The zero-order chi connectivity index (χ0) is 12.4. The smallest absolute Gasteiger partial charge is 0.298 e. The van der Waals surface area contributed by atoms with Gasteiger partial charge in [0.05, 0.1) is 0 Å². The Bertz CT molecular complexity index is 584. The van der Waals surface area contributed by atoms with E-state index < -0.39 is 5.69 Å². The van der Waals surface area contributed by atoms with E-state index in [1.807, 2.05) is 24.4 Å². The van der Waals surface area contributed by atoms with Crippen LogP contribution in [0.4, 0.5) is 0 Å². The largest absolute Gasteiger partial charge is 0.329 e. The number of thiophene rings is 1. The molecule has 90 valence electrons. The Morgan fingerprint density at radius 2 is 2.29 bits per heavy atom. The first-order valence-corrected chi connectivity index (χ1v) is 6.37. The molecule has 0 saturated carbocycles. The summed E-state index contributed by atoms with van der Waals surface area (Å²) in [5.41, 5.74) is -0.839. The van der Waals surface area contributed by atoms with Crippen molar-refractivity contribution in [2.75, 3.05) is 0 Å². The second-order valence-corrected chi connectivity index (χ2v) is 5.20. The highest BCUT2D eigenvalue weighted by atomic mass is 35.5. The summed E-state index contributed by atoms with van der Waals surface area (Å²) in [7, 11) is 0. The van der Waals surface area contributed by atoms with E-state index in [1.54, 1.807) is 11.3 Å². The molecule has 0 amide bonds. The minimum atomic E-state index is -0.466. The number of aromatic nitrogens is 2. The molecule has 6 heteroatoms. The number of nitrogens with one attached hydrogen (secondary N) is 1. The molecule has 0 fully saturated rings. The van der Waals surface area contributed by atoms with Gasteiger partial charge >= 0.3 is 5.69 Å². The maximum atomic E-state index is 11.7. The molecule has 1 N–H and O–H groups in total. The first-order chi connectivity index (χ1) is 8.08. The molecule has 4 nitrogen and oxygen atoms in total. The summed E-state index contributed by atoms with van der Waals surface area (Å²) in [6.07, 6.45) is 0.655. The minimum Gasteiger partial charge on any atom is -0.298 e. The van der Waals surface area contributed by atoms with Crippen molar-refractivity contribution in [3.8, 4) is 0 Å². The summed E-state index contributed by atoms with van der Waals surface area (Å²) in [6, 6.07) is 4.95. The van der Waals surface area contributed by atoms with Gasteiger partial charge in [-0.15, -0.1) is 11.3 Å². The molecule has 2 aromatic rings. The summed E-state index contributed by atoms with van der Waals surface area (Å²) in [5.74, 6) is 0. The zero-order valence-corrected chi connectivity index (χ0v) is 10.7. The van der Waals surface area contributed by atoms with Crippen LogP contribution in [0.5, 0.6) is 0 Å². The third kappa shape index (κ3) is 2.68. The molecule has 0 aliphatic rings. The Hall–Kier alpha value is -1.33. The van der Waals surface area contributed by atoms with Crippen LogP contribution in [-0.2, 0) is 6.42 Å². The second-order valence-electron chi connectivity index (χ2n) is 3.76. The molecule has 0 aliphatic carbocycles. The van der Waals surface area contributed by atoms with Crippen LogP contribution in [0.1, 0.15) is 17.8 Å². The van der Waals surface area contributed by atoms with Crippen LogP contribution < -0.4 is 11.2 Å². The fourth-order valence-electron chi connectivity index (χ4n) is 1.71. The average Bonchev–Trinajstić information content (AvgIpc) is 2.68. The summed E-state index contributed by atoms with van der Waals surface area (Å²) in [6.45, 7) is 1.84. The molecule has 2 rings (SSSR count). The highest BCUT2D eigenvalue weighted by molar-refractivity contribution is 7.09. The molecule has 1 atom stereocenters. The van der Waals surface area contributed by atoms with Crippen LogP contribution in [0.3, 0.4) is 0 Å². The second kappa shape index (κ2) is 4.89. The fourth-order valence-corrected chi connectivity index (χ4v) is 2.71. The van der Waals surface area contributed by atoms with Crippen molar-refractivity contribution in [2.24, 2.45) is 0 Å². The van der Waals surface area contributed by atoms with Crippen LogP contribution in [0.15, 0.2) is 33.2 Å². The van der Waals surface area contributed by atoms with Crippen LogP contribution >= 0.6 is 22.9 Å².